The molecule has 1 aliphatic rings. The molecule has 0 radical (unpaired) electrons. The van der Waals surface area contributed by atoms with E-state index >= 15 is 0 Å². The van der Waals surface area contributed by atoms with Crippen molar-refractivity contribution in [3.63, 3.8) is 0 Å². The maximum absolute atomic E-state index is 12.3. The first-order chi connectivity index (χ1) is 11.6. The molecular weight excluding hydrogens is 310 g/mol. The Balaban J connectivity index is 1.75. The van der Waals surface area contributed by atoms with Gasteiger partial charge in [0.05, 0.1) is 12.7 Å². The maximum atomic E-state index is 12.3. The molecule has 0 spiro atoms. The van der Waals surface area contributed by atoms with Crippen molar-refractivity contribution in [1.82, 2.24) is 9.55 Å². The predicted octanol–water partition coefficient (Wildman–Crippen LogP) is 0.805. The second kappa shape index (κ2) is 7.12. The first kappa shape index (κ1) is 16.6. The van der Waals surface area contributed by atoms with Crippen molar-refractivity contribution in [3.05, 3.63) is 58.1 Å². The molecule has 1 fully saturated rings. The highest BCUT2D eigenvalue weighted by molar-refractivity contribution is 5.42. The van der Waals surface area contributed by atoms with Gasteiger partial charge in [-0.15, -0.1) is 0 Å². The van der Waals surface area contributed by atoms with Crippen LogP contribution in [-0.2, 0) is 11.3 Å². The topological polar surface area (TPSA) is 96.6 Å². The average molecular weight is 331 g/mol. The molecule has 2 heterocycles. The number of nitrogens with one attached hydrogen (secondary N) is 1. The van der Waals surface area contributed by atoms with Gasteiger partial charge in [-0.2, -0.15) is 4.98 Å². The van der Waals surface area contributed by atoms with E-state index in [1.807, 2.05) is 37.3 Å². The lowest BCUT2D eigenvalue weighted by Gasteiger charge is -2.16. The number of hydrogen-bond acceptors (Lipinski definition) is 6. The molecule has 1 saturated heterocycles. The first-order valence-corrected chi connectivity index (χ1v) is 7.90. The molecule has 128 valence electrons. The minimum Gasteiger partial charge on any atom is -0.394 e. The number of benzene rings is 1. The van der Waals surface area contributed by atoms with E-state index < -0.39 is 24.1 Å². The van der Waals surface area contributed by atoms with Crippen LogP contribution in [0.25, 0.3) is 0 Å². The molecule has 1 aromatic heterocycles. The van der Waals surface area contributed by atoms with Crippen LogP contribution in [0.3, 0.4) is 0 Å². The Labute approximate surface area is 139 Å². The van der Waals surface area contributed by atoms with E-state index in [2.05, 4.69) is 10.3 Å². The number of aromatic nitrogens is 2. The lowest BCUT2D eigenvalue weighted by molar-refractivity contribution is -0.0459. The molecule has 0 saturated carbocycles. The zero-order chi connectivity index (χ0) is 17.1. The van der Waals surface area contributed by atoms with Crippen LogP contribution in [0.15, 0.2) is 41.3 Å². The molecule has 7 nitrogen and oxygen atoms in total. The Kier molecular flexibility index (Phi) is 4.94. The summed E-state index contributed by atoms with van der Waals surface area (Å²) in [5, 5.41) is 22.1. The fraction of sp³-hybridized carbons (Fsp3) is 0.412. The van der Waals surface area contributed by atoms with Gasteiger partial charge in [0, 0.05) is 24.7 Å². The van der Waals surface area contributed by atoms with Gasteiger partial charge < -0.3 is 20.3 Å². The fourth-order valence-corrected chi connectivity index (χ4v) is 2.78. The van der Waals surface area contributed by atoms with Crippen LogP contribution in [0.1, 0.15) is 23.8 Å². The number of ether oxygens (including phenoxy) is 1. The zero-order valence-corrected chi connectivity index (χ0v) is 13.4. The quantitative estimate of drug-likeness (QED) is 0.750. The second-order valence-electron chi connectivity index (χ2n) is 5.92. The lowest BCUT2D eigenvalue weighted by Crippen LogP contribution is -2.29. The summed E-state index contributed by atoms with van der Waals surface area (Å²) in [4.78, 5) is 16.4. The van der Waals surface area contributed by atoms with Gasteiger partial charge in [0.25, 0.3) is 0 Å². The molecule has 3 N–H and O–H groups in total. The summed E-state index contributed by atoms with van der Waals surface area (Å²) in [6, 6.07) is 9.84. The third-order valence-corrected chi connectivity index (χ3v) is 4.13. The Hall–Kier alpha value is -2.22. The van der Waals surface area contributed by atoms with E-state index in [-0.39, 0.29) is 13.0 Å². The Morgan fingerprint density at radius 3 is 2.79 bits per heavy atom. The van der Waals surface area contributed by atoms with E-state index in [1.165, 1.54) is 4.57 Å². The summed E-state index contributed by atoms with van der Waals surface area (Å²) in [6.45, 7) is 2.14. The van der Waals surface area contributed by atoms with Crippen LogP contribution in [0.4, 0.5) is 5.82 Å². The van der Waals surface area contributed by atoms with E-state index in [0.717, 1.165) is 11.1 Å². The summed E-state index contributed by atoms with van der Waals surface area (Å²) < 4.78 is 6.88. The van der Waals surface area contributed by atoms with Crippen molar-refractivity contribution in [1.29, 1.82) is 0 Å². The Bertz CT molecular complexity index is 747. The molecule has 1 aliphatic heterocycles. The number of aliphatic hydroxyl groups is 2. The molecule has 2 aromatic rings. The number of hydrogen-bond donors (Lipinski definition) is 3. The lowest BCUT2D eigenvalue weighted by atomic mass is 10.2. The van der Waals surface area contributed by atoms with Crippen LogP contribution >= 0.6 is 0 Å². The molecule has 24 heavy (non-hydrogen) atoms. The smallest absolute Gasteiger partial charge is 0.351 e. The second-order valence-corrected chi connectivity index (χ2v) is 5.92. The summed E-state index contributed by atoms with van der Waals surface area (Å²) in [7, 11) is 0. The summed E-state index contributed by atoms with van der Waals surface area (Å²) in [5.41, 5.74) is 1.44. The van der Waals surface area contributed by atoms with Crippen LogP contribution in [0.2, 0.25) is 0 Å². The molecular formula is C17H21N3O4. The largest absolute Gasteiger partial charge is 0.394 e. The van der Waals surface area contributed by atoms with Crippen molar-refractivity contribution < 1.29 is 14.9 Å². The zero-order valence-electron chi connectivity index (χ0n) is 13.4. The molecule has 0 aliphatic carbocycles. The van der Waals surface area contributed by atoms with Gasteiger partial charge >= 0.3 is 5.69 Å². The summed E-state index contributed by atoms with van der Waals surface area (Å²) in [6.07, 6.45) is -0.150. The molecule has 7 heteroatoms. The van der Waals surface area contributed by atoms with Crippen molar-refractivity contribution in [2.45, 2.75) is 38.3 Å². The number of rotatable bonds is 5. The van der Waals surface area contributed by atoms with Crippen LogP contribution in [-0.4, -0.2) is 38.6 Å². The highest BCUT2D eigenvalue weighted by atomic mass is 16.5. The van der Waals surface area contributed by atoms with Crippen LogP contribution < -0.4 is 11.0 Å². The number of anilines is 1. The molecule has 3 atom stereocenters. The van der Waals surface area contributed by atoms with Crippen LogP contribution in [0, 0.1) is 6.92 Å². The SMILES string of the molecule is Cc1cn([C@@H]2C[C@@H](O)[C@H](CO)O2)c(=O)nc1NCc1ccccc1. The fourth-order valence-electron chi connectivity index (χ4n) is 2.78. The molecule has 0 bridgehead atoms. The Morgan fingerprint density at radius 2 is 2.12 bits per heavy atom. The van der Waals surface area contributed by atoms with Crippen molar-refractivity contribution in [2.75, 3.05) is 11.9 Å². The van der Waals surface area contributed by atoms with E-state index in [0.29, 0.717) is 12.4 Å². The van der Waals surface area contributed by atoms with Gasteiger partial charge in [0.15, 0.2) is 0 Å². The molecule has 0 amide bonds. The predicted molar refractivity (Wildman–Crippen MR) is 88.6 cm³/mol. The molecule has 1 aromatic carbocycles. The van der Waals surface area contributed by atoms with Gasteiger partial charge in [-0.05, 0) is 12.5 Å². The van der Waals surface area contributed by atoms with Crippen molar-refractivity contribution in [3.8, 4) is 0 Å². The highest BCUT2D eigenvalue weighted by Crippen LogP contribution is 2.27. The third kappa shape index (κ3) is 3.48. The van der Waals surface area contributed by atoms with Gasteiger partial charge in [-0.3, -0.25) is 4.57 Å². The van der Waals surface area contributed by atoms with Gasteiger partial charge in [0.2, 0.25) is 0 Å². The van der Waals surface area contributed by atoms with E-state index in [9.17, 15) is 9.90 Å². The Morgan fingerprint density at radius 1 is 1.38 bits per heavy atom. The minimum absolute atomic E-state index is 0.253. The van der Waals surface area contributed by atoms with E-state index in [1.54, 1.807) is 6.20 Å². The first-order valence-electron chi connectivity index (χ1n) is 7.90. The normalized spacial score (nSPS) is 23.4. The van der Waals surface area contributed by atoms with Gasteiger partial charge in [0.1, 0.15) is 18.1 Å². The van der Waals surface area contributed by atoms with Gasteiger partial charge in [-0.1, -0.05) is 30.3 Å². The number of aryl methyl sites for hydroxylation is 1. The van der Waals surface area contributed by atoms with E-state index in [4.69, 9.17) is 9.84 Å². The van der Waals surface area contributed by atoms with Gasteiger partial charge in [-0.25, -0.2) is 4.79 Å². The summed E-state index contributed by atoms with van der Waals surface area (Å²) in [5.74, 6) is 0.525. The molecule has 0 unspecified atom stereocenters. The third-order valence-electron chi connectivity index (χ3n) is 4.13. The average Bonchev–Trinajstić information content (AvgIpc) is 2.97. The van der Waals surface area contributed by atoms with Crippen molar-refractivity contribution in [2.24, 2.45) is 0 Å². The monoisotopic (exact) mass is 331 g/mol. The number of nitrogens with zero attached hydrogens (tertiary/aromatic N) is 2. The molecule has 3 rings (SSSR count). The van der Waals surface area contributed by atoms with Crippen LogP contribution in [0.5, 0.6) is 0 Å². The standard InChI is InChI=1S/C17H21N3O4/c1-11-9-20(15-7-13(22)14(10-21)24-15)17(23)19-16(11)18-8-12-5-3-2-4-6-12/h2-6,9,13-15,21-22H,7-8,10H2,1H3,(H,18,19,23)/t13-,14+,15+/m1/s1. The highest BCUT2D eigenvalue weighted by Gasteiger charge is 2.35. The number of aliphatic hydroxyl groups excluding tert-OH is 2. The maximum Gasteiger partial charge on any atom is 0.351 e. The van der Waals surface area contributed by atoms with Crippen molar-refractivity contribution >= 4 is 5.82 Å². The summed E-state index contributed by atoms with van der Waals surface area (Å²) >= 11 is 0. The minimum atomic E-state index is -0.789.